The van der Waals surface area contributed by atoms with E-state index in [1.807, 2.05) is 7.05 Å². The van der Waals surface area contributed by atoms with E-state index in [1.54, 1.807) is 0 Å². The topological polar surface area (TPSA) is 27.1 Å². The number of unbranched alkanes of at least 4 members (excludes halogenated alkanes) is 2. The van der Waals surface area contributed by atoms with Crippen molar-refractivity contribution in [3.63, 3.8) is 0 Å². The van der Waals surface area contributed by atoms with Gasteiger partial charge in [0.25, 0.3) is 0 Å². The Kier molecular flexibility index (Phi) is 6.82. The van der Waals surface area contributed by atoms with Crippen molar-refractivity contribution in [2.75, 3.05) is 13.6 Å². The Morgan fingerprint density at radius 3 is 2.33 bits per heavy atom. The predicted octanol–water partition coefficient (Wildman–Crippen LogP) is 2.89. The summed E-state index contributed by atoms with van der Waals surface area (Å²) >= 11 is 0. The standard InChI is InChI=1S/C10H22N2/c1-4-6-7-9-12(3)10(11)8-5-2/h11H,4-9H2,1-3H3. The molecule has 0 saturated heterocycles. The molecule has 0 aliphatic carbocycles. The highest BCUT2D eigenvalue weighted by atomic mass is 15.1. The van der Waals surface area contributed by atoms with Gasteiger partial charge in [0.1, 0.15) is 0 Å². The zero-order valence-corrected chi connectivity index (χ0v) is 8.69. The van der Waals surface area contributed by atoms with Crippen molar-refractivity contribution in [3.05, 3.63) is 0 Å². The number of nitrogens with zero attached hydrogens (tertiary/aromatic N) is 1. The summed E-state index contributed by atoms with van der Waals surface area (Å²) in [5.74, 6) is 0.786. The van der Waals surface area contributed by atoms with Gasteiger partial charge in [-0.2, -0.15) is 0 Å². The zero-order chi connectivity index (χ0) is 9.40. The second kappa shape index (κ2) is 7.14. The monoisotopic (exact) mass is 170 g/mol. The maximum atomic E-state index is 7.66. The van der Waals surface area contributed by atoms with Crippen molar-refractivity contribution in [2.45, 2.75) is 46.0 Å². The van der Waals surface area contributed by atoms with E-state index in [9.17, 15) is 0 Å². The van der Waals surface area contributed by atoms with Gasteiger partial charge in [-0.25, -0.2) is 0 Å². The van der Waals surface area contributed by atoms with Crippen molar-refractivity contribution < 1.29 is 0 Å². The van der Waals surface area contributed by atoms with Crippen LogP contribution in [0.5, 0.6) is 0 Å². The third-order valence-electron chi connectivity index (χ3n) is 2.04. The molecule has 1 N–H and O–H groups in total. The molecule has 72 valence electrons. The molecule has 0 radical (unpaired) electrons. The summed E-state index contributed by atoms with van der Waals surface area (Å²) in [5, 5.41) is 7.66. The van der Waals surface area contributed by atoms with Gasteiger partial charge in [-0.05, 0) is 12.8 Å². The van der Waals surface area contributed by atoms with E-state index >= 15 is 0 Å². The molecule has 0 aromatic rings. The first-order chi connectivity index (χ1) is 5.72. The van der Waals surface area contributed by atoms with Gasteiger partial charge in [0.15, 0.2) is 0 Å². The highest BCUT2D eigenvalue weighted by Crippen LogP contribution is 1.99. The summed E-state index contributed by atoms with van der Waals surface area (Å²) in [5.41, 5.74) is 0. The second-order valence-electron chi connectivity index (χ2n) is 3.33. The molecule has 0 aliphatic heterocycles. The average molecular weight is 170 g/mol. The number of nitrogens with one attached hydrogen (secondary N) is 1. The van der Waals surface area contributed by atoms with E-state index in [0.29, 0.717) is 0 Å². The molecule has 12 heavy (non-hydrogen) atoms. The van der Waals surface area contributed by atoms with Crippen LogP contribution < -0.4 is 0 Å². The predicted molar refractivity (Wildman–Crippen MR) is 54.8 cm³/mol. The highest BCUT2D eigenvalue weighted by Gasteiger charge is 2.01. The summed E-state index contributed by atoms with van der Waals surface area (Å²) in [6.07, 6.45) is 5.76. The summed E-state index contributed by atoms with van der Waals surface area (Å²) in [6, 6.07) is 0. The lowest BCUT2D eigenvalue weighted by atomic mass is 10.2. The number of hydrogen-bond donors (Lipinski definition) is 1. The van der Waals surface area contributed by atoms with E-state index in [1.165, 1.54) is 19.3 Å². The number of amidine groups is 1. The lowest BCUT2D eigenvalue weighted by Gasteiger charge is -2.19. The Balaban J connectivity index is 3.42. The summed E-state index contributed by atoms with van der Waals surface area (Å²) in [7, 11) is 2.02. The van der Waals surface area contributed by atoms with Crippen LogP contribution in [-0.2, 0) is 0 Å². The van der Waals surface area contributed by atoms with Crippen LogP contribution >= 0.6 is 0 Å². The van der Waals surface area contributed by atoms with Crippen molar-refractivity contribution in [1.82, 2.24) is 4.90 Å². The van der Waals surface area contributed by atoms with Gasteiger partial charge in [-0.15, -0.1) is 0 Å². The molecule has 0 aromatic heterocycles. The summed E-state index contributed by atoms with van der Waals surface area (Å²) in [6.45, 7) is 5.37. The van der Waals surface area contributed by atoms with Crippen LogP contribution in [0.2, 0.25) is 0 Å². The Hall–Kier alpha value is -0.530. The van der Waals surface area contributed by atoms with Crippen LogP contribution in [0.4, 0.5) is 0 Å². The third-order valence-corrected chi connectivity index (χ3v) is 2.04. The van der Waals surface area contributed by atoms with Gasteiger partial charge < -0.3 is 4.90 Å². The van der Waals surface area contributed by atoms with Crippen LogP contribution in [0, 0.1) is 5.41 Å². The minimum Gasteiger partial charge on any atom is -0.364 e. The molecular weight excluding hydrogens is 148 g/mol. The number of hydrogen-bond acceptors (Lipinski definition) is 1. The first kappa shape index (κ1) is 11.5. The molecule has 2 heteroatoms. The summed E-state index contributed by atoms with van der Waals surface area (Å²) in [4.78, 5) is 2.07. The van der Waals surface area contributed by atoms with Crippen LogP contribution in [0.1, 0.15) is 46.0 Å². The van der Waals surface area contributed by atoms with E-state index in [-0.39, 0.29) is 0 Å². The molecule has 0 heterocycles. The molecule has 0 unspecified atom stereocenters. The molecule has 0 bridgehead atoms. The normalized spacial score (nSPS) is 9.92. The lowest BCUT2D eigenvalue weighted by Crippen LogP contribution is -2.26. The van der Waals surface area contributed by atoms with Gasteiger partial charge in [-0.1, -0.05) is 26.7 Å². The Labute approximate surface area is 76.5 Å². The lowest BCUT2D eigenvalue weighted by molar-refractivity contribution is 0.463. The second-order valence-corrected chi connectivity index (χ2v) is 3.33. The zero-order valence-electron chi connectivity index (χ0n) is 8.69. The Morgan fingerprint density at radius 2 is 1.83 bits per heavy atom. The highest BCUT2D eigenvalue weighted by molar-refractivity contribution is 5.78. The molecule has 0 atom stereocenters. The molecule has 0 saturated carbocycles. The maximum absolute atomic E-state index is 7.66. The van der Waals surface area contributed by atoms with E-state index in [2.05, 4.69) is 18.7 Å². The Bertz CT molecular complexity index is 121. The van der Waals surface area contributed by atoms with Crippen molar-refractivity contribution in [1.29, 1.82) is 5.41 Å². The van der Waals surface area contributed by atoms with E-state index < -0.39 is 0 Å². The quantitative estimate of drug-likeness (QED) is 0.370. The first-order valence-corrected chi connectivity index (χ1v) is 5.00. The fourth-order valence-electron chi connectivity index (χ4n) is 1.16. The summed E-state index contributed by atoms with van der Waals surface area (Å²) < 4.78 is 0. The molecule has 0 aliphatic rings. The van der Waals surface area contributed by atoms with Crippen molar-refractivity contribution in [2.24, 2.45) is 0 Å². The van der Waals surface area contributed by atoms with Gasteiger partial charge in [0, 0.05) is 20.0 Å². The van der Waals surface area contributed by atoms with Gasteiger partial charge >= 0.3 is 0 Å². The van der Waals surface area contributed by atoms with Gasteiger partial charge in [0.2, 0.25) is 0 Å². The number of rotatable bonds is 6. The molecule has 0 aromatic carbocycles. The molecule has 0 amide bonds. The van der Waals surface area contributed by atoms with E-state index in [0.717, 1.165) is 25.2 Å². The fourth-order valence-corrected chi connectivity index (χ4v) is 1.16. The van der Waals surface area contributed by atoms with E-state index in [4.69, 9.17) is 5.41 Å². The maximum Gasteiger partial charge on any atom is 0.0954 e. The molecule has 0 rings (SSSR count). The minimum absolute atomic E-state index is 0.786. The van der Waals surface area contributed by atoms with Gasteiger partial charge in [-0.3, -0.25) is 5.41 Å². The van der Waals surface area contributed by atoms with Crippen LogP contribution in [0.25, 0.3) is 0 Å². The molecule has 2 nitrogen and oxygen atoms in total. The third kappa shape index (κ3) is 5.16. The van der Waals surface area contributed by atoms with Crippen molar-refractivity contribution in [3.8, 4) is 0 Å². The van der Waals surface area contributed by atoms with Crippen LogP contribution in [-0.4, -0.2) is 24.3 Å². The van der Waals surface area contributed by atoms with Gasteiger partial charge in [0.05, 0.1) is 5.84 Å². The fraction of sp³-hybridized carbons (Fsp3) is 0.900. The smallest absolute Gasteiger partial charge is 0.0954 e. The first-order valence-electron chi connectivity index (χ1n) is 5.00. The van der Waals surface area contributed by atoms with Crippen molar-refractivity contribution >= 4 is 5.84 Å². The minimum atomic E-state index is 0.786. The Morgan fingerprint density at radius 1 is 1.17 bits per heavy atom. The van der Waals surface area contributed by atoms with Crippen LogP contribution in [0.15, 0.2) is 0 Å². The molecule has 0 fully saturated rings. The molecular formula is C10H22N2. The SMILES string of the molecule is CCCCCN(C)C(=N)CCC. The van der Waals surface area contributed by atoms with Crippen LogP contribution in [0.3, 0.4) is 0 Å². The largest absolute Gasteiger partial charge is 0.364 e. The average Bonchev–Trinajstić information content (AvgIpc) is 2.05. The molecule has 0 spiro atoms.